The van der Waals surface area contributed by atoms with Gasteiger partial charge >= 0.3 is 0 Å². The van der Waals surface area contributed by atoms with Gasteiger partial charge < -0.3 is 14.4 Å². The highest BCUT2D eigenvalue weighted by molar-refractivity contribution is 5.31. The Labute approximate surface area is 93.1 Å². The van der Waals surface area contributed by atoms with Crippen molar-refractivity contribution in [3.05, 3.63) is 30.1 Å². The minimum absolute atomic E-state index is 0.556. The van der Waals surface area contributed by atoms with Crippen LogP contribution >= 0.6 is 0 Å². The number of aromatic nitrogens is 4. The molecule has 0 spiro atoms. The molecular weight excluding hydrogens is 208 g/mol. The fraction of sp³-hybridized carbons (Fsp3) is 0.400. The van der Waals surface area contributed by atoms with Gasteiger partial charge in [0.25, 0.3) is 0 Å². The zero-order valence-corrected chi connectivity index (χ0v) is 9.45. The quantitative estimate of drug-likeness (QED) is 0.808. The van der Waals surface area contributed by atoms with Crippen LogP contribution in [0.5, 0.6) is 5.75 Å². The van der Waals surface area contributed by atoms with Gasteiger partial charge in [-0.3, -0.25) is 4.68 Å². The van der Waals surface area contributed by atoms with E-state index >= 15 is 0 Å². The number of aryl methyl sites for hydroxylation is 2. The molecule has 1 unspecified atom stereocenters. The number of nitrogens with zero attached hydrogens (tertiary/aromatic N) is 4. The van der Waals surface area contributed by atoms with Gasteiger partial charge in [0.15, 0.2) is 5.75 Å². The number of aliphatic hydroxyl groups is 1. The molecule has 0 aliphatic carbocycles. The smallest absolute Gasteiger partial charge is 0.163 e. The highest BCUT2D eigenvalue weighted by Crippen LogP contribution is 2.27. The van der Waals surface area contributed by atoms with Crippen molar-refractivity contribution in [3.8, 4) is 5.75 Å². The summed E-state index contributed by atoms with van der Waals surface area (Å²) in [5.41, 5.74) is 1.17. The van der Waals surface area contributed by atoms with Crippen LogP contribution in [0.2, 0.25) is 0 Å². The first-order chi connectivity index (χ1) is 7.63. The molecule has 0 amide bonds. The molecule has 0 fully saturated rings. The number of rotatable bonds is 3. The Morgan fingerprint density at radius 3 is 2.75 bits per heavy atom. The lowest BCUT2D eigenvalue weighted by molar-refractivity contribution is 0.200. The molecule has 1 atom stereocenters. The van der Waals surface area contributed by atoms with Crippen LogP contribution in [0.25, 0.3) is 0 Å². The summed E-state index contributed by atoms with van der Waals surface area (Å²) in [6.45, 7) is 0. The number of ether oxygens (including phenoxy) is 1. The van der Waals surface area contributed by atoms with Crippen molar-refractivity contribution in [1.82, 2.24) is 19.3 Å². The fourth-order valence-corrected chi connectivity index (χ4v) is 1.61. The van der Waals surface area contributed by atoms with E-state index in [9.17, 15) is 5.11 Å². The van der Waals surface area contributed by atoms with Gasteiger partial charge in [0.1, 0.15) is 11.8 Å². The van der Waals surface area contributed by atoms with E-state index in [1.54, 1.807) is 42.1 Å². The molecule has 86 valence electrons. The third-order valence-electron chi connectivity index (χ3n) is 2.43. The second-order valence-corrected chi connectivity index (χ2v) is 3.59. The number of hydrogen-bond acceptors (Lipinski definition) is 4. The van der Waals surface area contributed by atoms with Gasteiger partial charge in [0.2, 0.25) is 0 Å². The normalized spacial score (nSPS) is 12.8. The molecule has 0 saturated carbocycles. The summed E-state index contributed by atoms with van der Waals surface area (Å²) in [5, 5.41) is 14.2. The summed E-state index contributed by atoms with van der Waals surface area (Å²) in [5.74, 6) is 0.556. The summed E-state index contributed by atoms with van der Waals surface area (Å²) < 4.78 is 8.50. The number of imidazole rings is 1. The molecule has 2 rings (SSSR count). The number of methoxy groups -OCH3 is 1. The van der Waals surface area contributed by atoms with Crippen molar-refractivity contribution in [2.75, 3.05) is 7.11 Å². The number of hydrogen-bond donors (Lipinski definition) is 1. The van der Waals surface area contributed by atoms with E-state index in [1.165, 1.54) is 0 Å². The van der Waals surface area contributed by atoms with Gasteiger partial charge in [0.05, 0.1) is 25.3 Å². The fourth-order valence-electron chi connectivity index (χ4n) is 1.61. The van der Waals surface area contributed by atoms with E-state index in [2.05, 4.69) is 10.1 Å². The van der Waals surface area contributed by atoms with Crippen molar-refractivity contribution < 1.29 is 9.84 Å². The van der Waals surface area contributed by atoms with E-state index in [-0.39, 0.29) is 0 Å². The van der Waals surface area contributed by atoms with Gasteiger partial charge in [-0.15, -0.1) is 0 Å². The molecule has 2 aromatic rings. The molecule has 2 heterocycles. The second-order valence-electron chi connectivity index (χ2n) is 3.59. The minimum atomic E-state index is -0.830. The van der Waals surface area contributed by atoms with Crippen molar-refractivity contribution in [2.45, 2.75) is 6.10 Å². The lowest BCUT2D eigenvalue weighted by atomic mass is 10.2. The first-order valence-electron chi connectivity index (χ1n) is 4.85. The van der Waals surface area contributed by atoms with E-state index in [1.807, 2.05) is 7.05 Å². The van der Waals surface area contributed by atoms with Crippen LogP contribution in [0, 0.1) is 0 Å². The Morgan fingerprint density at radius 2 is 2.19 bits per heavy atom. The Morgan fingerprint density at radius 1 is 1.44 bits per heavy atom. The first-order valence-corrected chi connectivity index (χ1v) is 4.85. The maximum atomic E-state index is 10.2. The van der Waals surface area contributed by atoms with Crippen molar-refractivity contribution in [3.63, 3.8) is 0 Å². The molecule has 16 heavy (non-hydrogen) atoms. The van der Waals surface area contributed by atoms with E-state index in [4.69, 9.17) is 4.74 Å². The molecule has 0 saturated heterocycles. The molecule has 0 bridgehead atoms. The van der Waals surface area contributed by atoms with Gasteiger partial charge in [-0.05, 0) is 0 Å². The Balaban J connectivity index is 2.40. The summed E-state index contributed by atoms with van der Waals surface area (Å²) >= 11 is 0. The molecule has 2 aromatic heterocycles. The zero-order valence-electron chi connectivity index (χ0n) is 9.45. The van der Waals surface area contributed by atoms with Crippen LogP contribution in [-0.2, 0) is 14.1 Å². The van der Waals surface area contributed by atoms with Gasteiger partial charge in [-0.2, -0.15) is 5.10 Å². The van der Waals surface area contributed by atoms with Crippen molar-refractivity contribution in [1.29, 1.82) is 0 Å². The lowest BCUT2D eigenvalue weighted by Gasteiger charge is -2.10. The highest BCUT2D eigenvalue weighted by Gasteiger charge is 2.21. The summed E-state index contributed by atoms with van der Waals surface area (Å²) in [4.78, 5) is 4.10. The van der Waals surface area contributed by atoms with Crippen LogP contribution in [-0.4, -0.2) is 31.5 Å². The maximum absolute atomic E-state index is 10.2. The van der Waals surface area contributed by atoms with E-state index in [0.717, 1.165) is 0 Å². The Bertz CT molecular complexity index is 489. The van der Waals surface area contributed by atoms with Crippen molar-refractivity contribution in [2.24, 2.45) is 14.1 Å². The SMILES string of the molecule is COc1cnn(C)c1C(O)c1cn(C)cn1. The molecule has 0 radical (unpaired) electrons. The maximum Gasteiger partial charge on any atom is 0.163 e. The third-order valence-corrected chi connectivity index (χ3v) is 2.43. The van der Waals surface area contributed by atoms with E-state index < -0.39 is 6.10 Å². The molecular formula is C10H14N4O2. The van der Waals surface area contributed by atoms with Crippen LogP contribution in [0.15, 0.2) is 18.7 Å². The van der Waals surface area contributed by atoms with Gasteiger partial charge in [0, 0.05) is 20.3 Å². The molecule has 6 heteroatoms. The molecule has 0 aromatic carbocycles. The van der Waals surface area contributed by atoms with E-state index in [0.29, 0.717) is 17.1 Å². The third kappa shape index (κ3) is 1.67. The largest absolute Gasteiger partial charge is 0.493 e. The Hall–Kier alpha value is -1.82. The van der Waals surface area contributed by atoms with Crippen LogP contribution in [0.3, 0.4) is 0 Å². The number of aliphatic hydroxyl groups excluding tert-OH is 1. The monoisotopic (exact) mass is 222 g/mol. The van der Waals surface area contributed by atoms with Crippen molar-refractivity contribution >= 4 is 0 Å². The predicted molar refractivity (Wildman–Crippen MR) is 57.0 cm³/mol. The molecule has 6 nitrogen and oxygen atoms in total. The Kier molecular flexibility index (Phi) is 2.66. The average molecular weight is 222 g/mol. The van der Waals surface area contributed by atoms with Crippen LogP contribution in [0.1, 0.15) is 17.5 Å². The molecule has 0 aliphatic rings. The summed E-state index contributed by atoms with van der Waals surface area (Å²) in [6, 6.07) is 0. The standard InChI is InChI=1S/C10H14N4O2/c1-13-5-7(11-6-13)10(15)9-8(16-3)4-12-14(9)2/h4-6,10,15H,1-3H3. The van der Waals surface area contributed by atoms with Gasteiger partial charge in [-0.1, -0.05) is 0 Å². The lowest BCUT2D eigenvalue weighted by Crippen LogP contribution is -2.08. The van der Waals surface area contributed by atoms with Crippen LogP contribution in [0.4, 0.5) is 0 Å². The first kappa shape index (κ1) is 10.7. The molecule has 0 aliphatic heterocycles. The minimum Gasteiger partial charge on any atom is -0.493 e. The predicted octanol–water partition coefficient (Wildman–Crippen LogP) is 0.244. The summed E-state index contributed by atoms with van der Waals surface area (Å²) in [6.07, 6.45) is 4.14. The van der Waals surface area contributed by atoms with Gasteiger partial charge in [-0.25, -0.2) is 4.98 Å². The highest BCUT2D eigenvalue weighted by atomic mass is 16.5. The average Bonchev–Trinajstić information content (AvgIpc) is 2.83. The summed E-state index contributed by atoms with van der Waals surface area (Å²) in [7, 11) is 5.15. The molecule has 1 N–H and O–H groups in total. The van der Waals surface area contributed by atoms with Crippen LogP contribution < -0.4 is 4.74 Å². The topological polar surface area (TPSA) is 65.1 Å². The second kappa shape index (κ2) is 3.97. The zero-order chi connectivity index (χ0) is 11.7.